The highest BCUT2D eigenvalue weighted by atomic mass is 35.5. The van der Waals surface area contributed by atoms with E-state index in [1.807, 2.05) is 42.0 Å². The SMILES string of the molecule is Cc1ccccc1-n1ccnc1SCC(=O)Nc1c(Cl)cc(Cl)cc1Cl. The number of thioether (sulfide) groups is 1. The second kappa shape index (κ2) is 8.35. The normalized spacial score (nSPS) is 10.8. The predicted octanol–water partition coefficient (Wildman–Crippen LogP) is 5.87. The van der Waals surface area contributed by atoms with Gasteiger partial charge >= 0.3 is 0 Å². The van der Waals surface area contributed by atoms with Gasteiger partial charge in [0.2, 0.25) is 5.91 Å². The van der Waals surface area contributed by atoms with Crippen LogP contribution in [0.25, 0.3) is 5.69 Å². The number of nitrogens with zero attached hydrogens (tertiary/aromatic N) is 2. The Morgan fingerprint density at radius 3 is 2.58 bits per heavy atom. The number of aromatic nitrogens is 2. The van der Waals surface area contributed by atoms with E-state index in [1.54, 1.807) is 6.20 Å². The molecule has 0 radical (unpaired) electrons. The largest absolute Gasteiger partial charge is 0.323 e. The summed E-state index contributed by atoms with van der Waals surface area (Å²) in [7, 11) is 0. The zero-order chi connectivity index (χ0) is 18.7. The molecule has 0 aliphatic heterocycles. The number of rotatable bonds is 5. The number of para-hydroxylation sites is 1. The van der Waals surface area contributed by atoms with Crippen LogP contribution in [0.2, 0.25) is 15.1 Å². The summed E-state index contributed by atoms with van der Waals surface area (Å²) in [6.45, 7) is 2.03. The molecule has 8 heteroatoms. The maximum atomic E-state index is 12.3. The Hall–Kier alpha value is -1.66. The fourth-order valence-corrected chi connectivity index (χ4v) is 4.06. The van der Waals surface area contributed by atoms with Crippen molar-refractivity contribution in [2.75, 3.05) is 11.1 Å². The molecule has 0 aliphatic carbocycles. The molecule has 2 aromatic carbocycles. The van der Waals surface area contributed by atoms with Crippen LogP contribution in [0.3, 0.4) is 0 Å². The maximum Gasteiger partial charge on any atom is 0.234 e. The summed E-state index contributed by atoms with van der Waals surface area (Å²) in [6.07, 6.45) is 3.58. The van der Waals surface area contributed by atoms with Crippen LogP contribution in [0.4, 0.5) is 5.69 Å². The fraction of sp³-hybridized carbons (Fsp3) is 0.111. The summed E-state index contributed by atoms with van der Waals surface area (Å²) in [5.41, 5.74) is 2.50. The fourth-order valence-electron chi connectivity index (χ4n) is 2.38. The molecule has 0 bridgehead atoms. The van der Waals surface area contributed by atoms with Crippen molar-refractivity contribution >= 4 is 58.2 Å². The smallest absolute Gasteiger partial charge is 0.234 e. The summed E-state index contributed by atoms with van der Waals surface area (Å²) in [5.74, 6) is -0.0708. The van der Waals surface area contributed by atoms with Gasteiger partial charge in [0.05, 0.1) is 27.2 Å². The number of benzene rings is 2. The molecule has 26 heavy (non-hydrogen) atoms. The number of imidazole rings is 1. The van der Waals surface area contributed by atoms with Crippen LogP contribution in [-0.2, 0) is 4.79 Å². The summed E-state index contributed by atoms with van der Waals surface area (Å²) >= 11 is 19.4. The highest BCUT2D eigenvalue weighted by Gasteiger charge is 2.14. The molecule has 1 N–H and O–H groups in total. The number of hydrogen-bond donors (Lipinski definition) is 1. The third kappa shape index (κ3) is 4.35. The van der Waals surface area contributed by atoms with E-state index in [0.717, 1.165) is 16.4 Å². The van der Waals surface area contributed by atoms with Gasteiger partial charge in [0.15, 0.2) is 5.16 Å². The number of hydrogen-bond acceptors (Lipinski definition) is 3. The van der Waals surface area contributed by atoms with E-state index in [4.69, 9.17) is 34.8 Å². The van der Waals surface area contributed by atoms with Crippen molar-refractivity contribution in [1.82, 2.24) is 9.55 Å². The molecular weight excluding hydrogens is 413 g/mol. The molecular formula is C18H14Cl3N3OS. The van der Waals surface area contributed by atoms with Gasteiger partial charge in [-0.3, -0.25) is 9.36 Å². The molecule has 0 saturated heterocycles. The van der Waals surface area contributed by atoms with Gasteiger partial charge in [0.25, 0.3) is 0 Å². The Labute approximate surface area is 170 Å². The van der Waals surface area contributed by atoms with Gasteiger partial charge in [-0.25, -0.2) is 4.98 Å². The number of anilines is 1. The lowest BCUT2D eigenvalue weighted by Crippen LogP contribution is -2.15. The van der Waals surface area contributed by atoms with E-state index in [-0.39, 0.29) is 11.7 Å². The lowest BCUT2D eigenvalue weighted by atomic mass is 10.2. The van der Waals surface area contributed by atoms with Gasteiger partial charge in [0, 0.05) is 17.4 Å². The molecule has 0 atom stereocenters. The number of aryl methyl sites for hydroxylation is 1. The minimum Gasteiger partial charge on any atom is -0.323 e. The third-order valence-electron chi connectivity index (χ3n) is 3.59. The van der Waals surface area contributed by atoms with Gasteiger partial charge in [-0.2, -0.15) is 0 Å². The van der Waals surface area contributed by atoms with Crippen molar-refractivity contribution in [3.8, 4) is 5.69 Å². The van der Waals surface area contributed by atoms with Crippen LogP contribution >= 0.6 is 46.6 Å². The topological polar surface area (TPSA) is 46.9 Å². The number of nitrogens with one attached hydrogen (secondary N) is 1. The van der Waals surface area contributed by atoms with Gasteiger partial charge in [-0.1, -0.05) is 64.8 Å². The van der Waals surface area contributed by atoms with Gasteiger partial charge < -0.3 is 5.32 Å². The molecule has 0 fully saturated rings. The molecule has 1 heterocycles. The Kier molecular flexibility index (Phi) is 6.14. The Balaban J connectivity index is 1.70. The number of halogens is 3. The average Bonchev–Trinajstić information content (AvgIpc) is 3.05. The van der Waals surface area contributed by atoms with Crippen molar-refractivity contribution in [1.29, 1.82) is 0 Å². The van der Waals surface area contributed by atoms with E-state index in [0.29, 0.717) is 20.8 Å². The summed E-state index contributed by atoms with van der Waals surface area (Å²) in [5, 5.41) is 4.44. The third-order valence-corrected chi connectivity index (χ3v) is 5.37. The van der Waals surface area contributed by atoms with Crippen molar-refractivity contribution in [3.63, 3.8) is 0 Å². The van der Waals surface area contributed by atoms with Gasteiger partial charge in [0.1, 0.15) is 0 Å². The first-order chi connectivity index (χ1) is 12.5. The lowest BCUT2D eigenvalue weighted by Gasteiger charge is -2.11. The number of carbonyl (C=O) groups excluding carboxylic acids is 1. The standard InChI is InChI=1S/C18H14Cl3N3OS/c1-11-4-2-3-5-15(11)24-7-6-22-18(24)26-10-16(25)23-17-13(20)8-12(19)9-14(17)21/h2-9H,10H2,1H3,(H,23,25). The van der Waals surface area contributed by atoms with Crippen LogP contribution in [0, 0.1) is 6.92 Å². The molecule has 3 rings (SSSR count). The highest BCUT2D eigenvalue weighted by Crippen LogP contribution is 2.34. The van der Waals surface area contributed by atoms with Crippen LogP contribution in [0.5, 0.6) is 0 Å². The first-order valence-corrected chi connectivity index (χ1v) is 9.74. The molecule has 0 saturated carbocycles. The van der Waals surface area contributed by atoms with Crippen LogP contribution in [-0.4, -0.2) is 21.2 Å². The maximum absolute atomic E-state index is 12.3. The Morgan fingerprint density at radius 2 is 1.88 bits per heavy atom. The van der Waals surface area contributed by atoms with Crippen molar-refractivity contribution in [2.24, 2.45) is 0 Å². The molecule has 0 unspecified atom stereocenters. The molecule has 1 amide bonds. The van der Waals surface area contributed by atoms with E-state index >= 15 is 0 Å². The van der Waals surface area contributed by atoms with Crippen LogP contribution < -0.4 is 5.32 Å². The highest BCUT2D eigenvalue weighted by molar-refractivity contribution is 7.99. The monoisotopic (exact) mass is 425 g/mol. The van der Waals surface area contributed by atoms with Crippen molar-refractivity contribution < 1.29 is 4.79 Å². The van der Waals surface area contributed by atoms with Gasteiger partial charge in [-0.15, -0.1) is 0 Å². The Bertz CT molecular complexity index is 935. The predicted molar refractivity (Wildman–Crippen MR) is 109 cm³/mol. The molecule has 0 spiro atoms. The second-order valence-electron chi connectivity index (χ2n) is 5.45. The molecule has 134 valence electrons. The van der Waals surface area contributed by atoms with Crippen LogP contribution in [0.15, 0.2) is 53.9 Å². The minimum absolute atomic E-state index is 0.165. The van der Waals surface area contributed by atoms with E-state index < -0.39 is 0 Å². The van der Waals surface area contributed by atoms with Gasteiger partial charge in [-0.05, 0) is 30.7 Å². The van der Waals surface area contributed by atoms with E-state index in [2.05, 4.69) is 10.3 Å². The first kappa shape index (κ1) is 19.1. The zero-order valence-electron chi connectivity index (χ0n) is 13.7. The molecule has 4 nitrogen and oxygen atoms in total. The molecule has 1 aromatic heterocycles. The Morgan fingerprint density at radius 1 is 1.19 bits per heavy atom. The van der Waals surface area contributed by atoms with Crippen molar-refractivity contribution in [3.05, 3.63) is 69.4 Å². The first-order valence-electron chi connectivity index (χ1n) is 7.62. The summed E-state index contributed by atoms with van der Waals surface area (Å²) < 4.78 is 1.95. The van der Waals surface area contributed by atoms with E-state index in [1.165, 1.54) is 23.9 Å². The average molecular weight is 427 g/mol. The quantitative estimate of drug-likeness (QED) is 0.519. The summed E-state index contributed by atoms with van der Waals surface area (Å²) in [4.78, 5) is 16.6. The summed E-state index contributed by atoms with van der Waals surface area (Å²) in [6, 6.07) is 11.0. The van der Waals surface area contributed by atoms with Crippen molar-refractivity contribution in [2.45, 2.75) is 12.1 Å². The minimum atomic E-state index is -0.236. The number of amides is 1. The number of carbonyl (C=O) groups is 1. The second-order valence-corrected chi connectivity index (χ2v) is 7.64. The zero-order valence-corrected chi connectivity index (χ0v) is 16.8. The molecule has 3 aromatic rings. The van der Waals surface area contributed by atoms with E-state index in [9.17, 15) is 4.79 Å². The lowest BCUT2D eigenvalue weighted by molar-refractivity contribution is -0.113. The van der Waals surface area contributed by atoms with Crippen LogP contribution in [0.1, 0.15) is 5.56 Å². The molecule has 0 aliphatic rings.